The number of nitrogens with one attached hydrogen (secondary N) is 3. The van der Waals surface area contributed by atoms with Crippen LogP contribution in [0.3, 0.4) is 0 Å². The number of carbonyl (C=O) groups is 2. The highest BCUT2D eigenvalue weighted by molar-refractivity contribution is 8.01. The first-order valence-electron chi connectivity index (χ1n) is 14.2. The number of aromatic nitrogens is 4. The highest BCUT2D eigenvalue weighted by atomic mass is 32.2. The normalized spacial score (nSPS) is 13.1. The molecule has 13 nitrogen and oxygen atoms in total. The third-order valence-electron chi connectivity index (χ3n) is 6.63. The molecule has 0 saturated carbocycles. The number of thioether (sulfide) groups is 1. The van der Waals surface area contributed by atoms with E-state index in [1.807, 2.05) is 48.5 Å². The van der Waals surface area contributed by atoms with Crippen LogP contribution in [0.25, 0.3) is 10.2 Å². The van der Waals surface area contributed by atoms with Gasteiger partial charge in [0.15, 0.2) is 4.34 Å². The number of hydrogen-bond donors (Lipinski definition) is 3. The summed E-state index contributed by atoms with van der Waals surface area (Å²) in [5.74, 6) is 0.828. The molecule has 3 heterocycles. The van der Waals surface area contributed by atoms with Crippen LogP contribution in [0.15, 0.2) is 82.2 Å². The van der Waals surface area contributed by atoms with E-state index in [1.165, 1.54) is 30.2 Å². The summed E-state index contributed by atoms with van der Waals surface area (Å²) >= 11 is 2.87. The molecule has 0 spiro atoms. The summed E-state index contributed by atoms with van der Waals surface area (Å²) in [5.41, 5.74) is 6.44. The van der Waals surface area contributed by atoms with E-state index in [0.29, 0.717) is 55.4 Å². The Morgan fingerprint density at radius 1 is 0.978 bits per heavy atom. The number of hydrazone groups is 1. The van der Waals surface area contributed by atoms with Crippen LogP contribution < -0.4 is 21.0 Å². The Kier molecular flexibility index (Phi) is 9.92. The van der Waals surface area contributed by atoms with E-state index in [-0.39, 0.29) is 11.7 Å². The second kappa shape index (κ2) is 14.8. The quantitative estimate of drug-likeness (QED) is 0.0757. The number of thiazole rings is 1. The summed E-state index contributed by atoms with van der Waals surface area (Å²) in [6.07, 6.45) is 1.67. The van der Waals surface area contributed by atoms with Crippen molar-refractivity contribution in [1.82, 2.24) is 19.9 Å². The molecule has 15 heteroatoms. The van der Waals surface area contributed by atoms with Crippen LogP contribution >= 0.6 is 23.1 Å². The van der Waals surface area contributed by atoms with Gasteiger partial charge in [0.05, 0.1) is 48.1 Å². The lowest BCUT2D eigenvalue weighted by atomic mass is 10.2. The molecule has 46 heavy (non-hydrogen) atoms. The van der Waals surface area contributed by atoms with Gasteiger partial charge in [-0.2, -0.15) is 20.1 Å². The van der Waals surface area contributed by atoms with E-state index in [0.717, 1.165) is 25.8 Å². The highest BCUT2D eigenvalue weighted by Crippen LogP contribution is 2.30. The Labute approximate surface area is 272 Å². The zero-order valence-corrected chi connectivity index (χ0v) is 26.3. The smallest absolute Gasteiger partial charge is 0.337 e. The fourth-order valence-electron chi connectivity index (χ4n) is 4.39. The van der Waals surface area contributed by atoms with Gasteiger partial charge in [0.25, 0.3) is 0 Å². The lowest BCUT2D eigenvalue weighted by Gasteiger charge is -2.27. The van der Waals surface area contributed by atoms with Crippen LogP contribution in [-0.2, 0) is 14.3 Å². The average molecular weight is 656 g/mol. The van der Waals surface area contributed by atoms with Crippen molar-refractivity contribution in [3.05, 3.63) is 83.9 Å². The highest BCUT2D eigenvalue weighted by Gasteiger charge is 2.17. The molecule has 234 valence electrons. The second-order valence-corrected chi connectivity index (χ2v) is 12.1. The van der Waals surface area contributed by atoms with Crippen LogP contribution in [-0.4, -0.2) is 77.2 Å². The molecule has 2 aromatic heterocycles. The molecular formula is C31H29N9O4S2. The van der Waals surface area contributed by atoms with Gasteiger partial charge in [0.2, 0.25) is 23.8 Å². The molecule has 0 unspecified atom stereocenters. The molecule has 1 aliphatic rings. The van der Waals surface area contributed by atoms with Crippen molar-refractivity contribution in [2.75, 3.05) is 60.1 Å². The average Bonchev–Trinajstić information content (AvgIpc) is 3.50. The molecule has 1 fully saturated rings. The fraction of sp³-hybridized carbons (Fsp3) is 0.194. The molecule has 1 saturated heterocycles. The number of esters is 1. The zero-order valence-electron chi connectivity index (χ0n) is 24.7. The number of ether oxygens (including phenoxy) is 2. The van der Waals surface area contributed by atoms with Crippen LogP contribution in [0.4, 0.5) is 29.2 Å². The maximum Gasteiger partial charge on any atom is 0.337 e. The Morgan fingerprint density at radius 3 is 2.54 bits per heavy atom. The molecule has 5 aromatic rings. The number of morpholine rings is 1. The minimum atomic E-state index is -0.429. The molecule has 0 aliphatic carbocycles. The maximum absolute atomic E-state index is 12.5. The molecule has 6 rings (SSSR count). The predicted octanol–water partition coefficient (Wildman–Crippen LogP) is 5.02. The summed E-state index contributed by atoms with van der Waals surface area (Å²) in [6, 6.07) is 22.1. The Bertz CT molecular complexity index is 1850. The van der Waals surface area contributed by atoms with Gasteiger partial charge in [-0.3, -0.25) is 4.79 Å². The summed E-state index contributed by atoms with van der Waals surface area (Å²) < 4.78 is 11.9. The van der Waals surface area contributed by atoms with Crippen LogP contribution in [0, 0.1) is 0 Å². The van der Waals surface area contributed by atoms with Crippen molar-refractivity contribution < 1.29 is 19.1 Å². The molecule has 1 aliphatic heterocycles. The van der Waals surface area contributed by atoms with E-state index >= 15 is 0 Å². The number of nitrogens with zero attached hydrogens (tertiary/aromatic N) is 6. The summed E-state index contributed by atoms with van der Waals surface area (Å²) in [5, 5.41) is 10.4. The SMILES string of the molecule is COC(=O)c1ccc(NC(=O)CSc2nc3cc(/C=N/Nc4nc(Nc5ccccc5)nc(N5CCOCC5)n4)ccc3s2)cc1. The van der Waals surface area contributed by atoms with Gasteiger partial charge in [-0.25, -0.2) is 15.2 Å². The number of amides is 1. The predicted molar refractivity (Wildman–Crippen MR) is 181 cm³/mol. The number of hydrogen-bond acceptors (Lipinski definition) is 14. The van der Waals surface area contributed by atoms with Gasteiger partial charge in [-0.05, 0) is 54.1 Å². The van der Waals surface area contributed by atoms with Gasteiger partial charge >= 0.3 is 5.97 Å². The molecule has 0 atom stereocenters. The number of methoxy groups -OCH3 is 1. The van der Waals surface area contributed by atoms with Crippen molar-refractivity contribution in [1.29, 1.82) is 0 Å². The number of fused-ring (bicyclic) bond motifs is 1. The Morgan fingerprint density at radius 2 is 1.76 bits per heavy atom. The minimum absolute atomic E-state index is 0.175. The molecule has 3 aromatic carbocycles. The standard InChI is InChI=1S/C31H29N9O4S2/c1-43-27(42)21-8-10-23(11-9-21)33-26(41)19-45-31-35-24-17-20(7-12-25(24)46-31)18-32-39-29-36-28(34-22-5-3-2-4-6-22)37-30(38-29)40-13-15-44-16-14-40/h2-12,17-18H,13-16,19H2,1H3,(H,33,41)(H2,34,36,37,38,39)/b32-18+. The monoisotopic (exact) mass is 655 g/mol. The minimum Gasteiger partial charge on any atom is -0.465 e. The fourth-order valence-corrected chi connectivity index (χ4v) is 6.24. The molecule has 0 bridgehead atoms. The number of carbonyl (C=O) groups excluding carboxylic acids is 2. The maximum atomic E-state index is 12.5. The summed E-state index contributed by atoms with van der Waals surface area (Å²) in [7, 11) is 1.32. The van der Waals surface area contributed by atoms with Gasteiger partial charge < -0.3 is 25.0 Å². The number of benzene rings is 3. The van der Waals surface area contributed by atoms with E-state index in [2.05, 4.69) is 46.0 Å². The van der Waals surface area contributed by atoms with Crippen molar-refractivity contribution in [3.63, 3.8) is 0 Å². The van der Waals surface area contributed by atoms with Crippen LogP contribution in [0.2, 0.25) is 0 Å². The Hall–Kier alpha value is -5.12. The first kappa shape index (κ1) is 30.9. The van der Waals surface area contributed by atoms with Crippen molar-refractivity contribution in [2.45, 2.75) is 4.34 Å². The molecular weight excluding hydrogens is 627 g/mol. The third kappa shape index (κ3) is 8.12. The van der Waals surface area contributed by atoms with Gasteiger partial charge in [0, 0.05) is 24.5 Å². The van der Waals surface area contributed by atoms with Crippen LogP contribution in [0.1, 0.15) is 15.9 Å². The van der Waals surface area contributed by atoms with Crippen molar-refractivity contribution >= 4 is 80.6 Å². The largest absolute Gasteiger partial charge is 0.465 e. The van der Waals surface area contributed by atoms with E-state index in [1.54, 1.807) is 30.5 Å². The second-order valence-electron chi connectivity index (χ2n) is 9.86. The Balaban J connectivity index is 1.08. The first-order chi connectivity index (χ1) is 22.5. The summed E-state index contributed by atoms with van der Waals surface area (Å²) in [4.78, 5) is 44.5. The van der Waals surface area contributed by atoms with Gasteiger partial charge in [-0.15, -0.1) is 11.3 Å². The lowest BCUT2D eigenvalue weighted by Crippen LogP contribution is -2.37. The number of para-hydroxylation sites is 1. The zero-order chi connectivity index (χ0) is 31.7. The van der Waals surface area contributed by atoms with E-state index < -0.39 is 5.97 Å². The van der Waals surface area contributed by atoms with Crippen molar-refractivity contribution in [3.8, 4) is 0 Å². The topological polar surface area (TPSA) is 156 Å². The molecule has 1 amide bonds. The van der Waals surface area contributed by atoms with Crippen LogP contribution in [0.5, 0.6) is 0 Å². The van der Waals surface area contributed by atoms with Gasteiger partial charge in [0.1, 0.15) is 0 Å². The first-order valence-corrected chi connectivity index (χ1v) is 16.0. The van der Waals surface area contributed by atoms with Gasteiger partial charge in [-0.1, -0.05) is 36.0 Å². The molecule has 3 N–H and O–H groups in total. The van der Waals surface area contributed by atoms with E-state index in [9.17, 15) is 9.59 Å². The summed E-state index contributed by atoms with van der Waals surface area (Å²) in [6.45, 7) is 2.58. The lowest BCUT2D eigenvalue weighted by molar-refractivity contribution is -0.113. The number of rotatable bonds is 11. The van der Waals surface area contributed by atoms with Crippen molar-refractivity contribution in [2.24, 2.45) is 5.10 Å². The third-order valence-corrected chi connectivity index (χ3v) is 8.81. The number of anilines is 5. The molecule has 0 radical (unpaired) electrons. The van der Waals surface area contributed by atoms with E-state index in [4.69, 9.17) is 9.47 Å².